The molecule has 1 aromatic carbocycles. The molecule has 0 spiro atoms. The predicted molar refractivity (Wildman–Crippen MR) is 99.9 cm³/mol. The van der Waals surface area contributed by atoms with Crippen molar-refractivity contribution in [3.63, 3.8) is 0 Å². The van der Waals surface area contributed by atoms with Gasteiger partial charge < -0.3 is 14.8 Å². The maximum absolute atomic E-state index is 13.2. The molecule has 1 rings (SSSR count). The summed E-state index contributed by atoms with van der Waals surface area (Å²) in [6.45, 7) is 10.1. The molecule has 0 bridgehead atoms. The van der Waals surface area contributed by atoms with E-state index in [4.69, 9.17) is 9.47 Å². The summed E-state index contributed by atoms with van der Waals surface area (Å²) in [5.74, 6) is -0.351. The molecular formula is C20H30F3NO3. The van der Waals surface area contributed by atoms with Gasteiger partial charge in [0.15, 0.2) is 0 Å². The van der Waals surface area contributed by atoms with E-state index in [9.17, 15) is 18.0 Å². The molecule has 154 valence electrons. The van der Waals surface area contributed by atoms with E-state index in [2.05, 4.69) is 5.32 Å². The van der Waals surface area contributed by atoms with Crippen molar-refractivity contribution < 1.29 is 27.4 Å². The van der Waals surface area contributed by atoms with E-state index in [0.717, 1.165) is 6.07 Å². The van der Waals surface area contributed by atoms with Crippen LogP contribution in [0.3, 0.4) is 0 Å². The van der Waals surface area contributed by atoms with Gasteiger partial charge in [0, 0.05) is 12.3 Å². The van der Waals surface area contributed by atoms with E-state index in [1.807, 2.05) is 27.7 Å². The monoisotopic (exact) mass is 389 g/mol. The van der Waals surface area contributed by atoms with E-state index in [1.54, 1.807) is 6.92 Å². The topological polar surface area (TPSA) is 47.6 Å². The molecule has 0 heterocycles. The first kappa shape index (κ1) is 23.3. The Labute approximate surface area is 159 Å². The van der Waals surface area contributed by atoms with Crippen molar-refractivity contribution >= 4 is 11.6 Å². The van der Waals surface area contributed by atoms with E-state index in [1.165, 1.54) is 19.2 Å². The summed E-state index contributed by atoms with van der Waals surface area (Å²) >= 11 is 0. The van der Waals surface area contributed by atoms with Crippen LogP contribution in [0.15, 0.2) is 18.2 Å². The third-order valence-electron chi connectivity index (χ3n) is 4.07. The number of anilines is 1. The quantitative estimate of drug-likeness (QED) is 0.605. The number of hydrogen-bond acceptors (Lipinski definition) is 3. The van der Waals surface area contributed by atoms with Gasteiger partial charge in [0.1, 0.15) is 11.4 Å². The fourth-order valence-electron chi connectivity index (χ4n) is 3.30. The second-order valence-electron chi connectivity index (χ2n) is 7.49. The van der Waals surface area contributed by atoms with E-state index in [-0.39, 0.29) is 23.3 Å². The molecular weight excluding hydrogens is 359 g/mol. The molecule has 0 fully saturated rings. The number of carbonyl (C=O) groups is 1. The van der Waals surface area contributed by atoms with Gasteiger partial charge in [0.2, 0.25) is 0 Å². The number of benzene rings is 1. The van der Waals surface area contributed by atoms with Gasteiger partial charge in [-0.05, 0) is 49.8 Å². The van der Waals surface area contributed by atoms with Crippen molar-refractivity contribution in [1.29, 1.82) is 0 Å². The van der Waals surface area contributed by atoms with Crippen molar-refractivity contribution in [3.05, 3.63) is 23.8 Å². The third-order valence-corrected chi connectivity index (χ3v) is 4.07. The summed E-state index contributed by atoms with van der Waals surface area (Å²) in [7, 11) is 1.17. The van der Waals surface area contributed by atoms with Crippen molar-refractivity contribution in [2.75, 3.05) is 19.0 Å². The maximum atomic E-state index is 13.2. The Morgan fingerprint density at radius 3 is 2.07 bits per heavy atom. The largest absolute Gasteiger partial charge is 0.496 e. The maximum Gasteiger partial charge on any atom is 0.420 e. The van der Waals surface area contributed by atoms with Gasteiger partial charge in [-0.25, -0.2) is 0 Å². The molecule has 0 aromatic heterocycles. The van der Waals surface area contributed by atoms with E-state index in [0.29, 0.717) is 19.4 Å². The lowest BCUT2D eigenvalue weighted by Crippen LogP contribution is -2.47. The molecule has 0 aliphatic carbocycles. The summed E-state index contributed by atoms with van der Waals surface area (Å²) in [6, 6.07) is 3.48. The Bertz CT molecular complexity index is 617. The number of ether oxygens (including phenoxy) is 2. The fourth-order valence-corrected chi connectivity index (χ4v) is 3.30. The minimum Gasteiger partial charge on any atom is -0.496 e. The number of halogens is 3. The van der Waals surface area contributed by atoms with Crippen molar-refractivity contribution in [2.24, 2.45) is 11.8 Å². The molecule has 0 unspecified atom stereocenters. The zero-order valence-electron chi connectivity index (χ0n) is 16.9. The fraction of sp³-hybridized carbons (Fsp3) is 0.650. The van der Waals surface area contributed by atoms with Gasteiger partial charge in [-0.15, -0.1) is 0 Å². The lowest BCUT2D eigenvalue weighted by Gasteiger charge is -2.35. The van der Waals surface area contributed by atoms with Crippen LogP contribution < -0.4 is 10.1 Å². The lowest BCUT2D eigenvalue weighted by atomic mass is 9.83. The van der Waals surface area contributed by atoms with Gasteiger partial charge in [-0.2, -0.15) is 13.2 Å². The normalized spacial score (nSPS) is 12.6. The van der Waals surface area contributed by atoms with Gasteiger partial charge >= 0.3 is 6.18 Å². The highest BCUT2D eigenvalue weighted by Crippen LogP contribution is 2.38. The zero-order chi connectivity index (χ0) is 20.8. The lowest BCUT2D eigenvalue weighted by molar-refractivity contribution is -0.146. The number of rotatable bonds is 9. The Kier molecular flexibility index (Phi) is 8.14. The van der Waals surface area contributed by atoms with Crippen LogP contribution >= 0.6 is 0 Å². The molecule has 1 amide bonds. The van der Waals surface area contributed by atoms with Crippen molar-refractivity contribution in [2.45, 2.75) is 59.2 Å². The molecule has 27 heavy (non-hydrogen) atoms. The van der Waals surface area contributed by atoms with Crippen LogP contribution in [-0.4, -0.2) is 25.2 Å². The second-order valence-corrected chi connectivity index (χ2v) is 7.49. The molecule has 0 radical (unpaired) electrons. The van der Waals surface area contributed by atoms with Crippen LogP contribution in [0, 0.1) is 11.8 Å². The summed E-state index contributed by atoms with van der Waals surface area (Å²) in [5, 5.41) is 2.62. The minimum absolute atomic E-state index is 0.0599. The molecule has 0 saturated carbocycles. The van der Waals surface area contributed by atoms with Crippen LogP contribution in [0.1, 0.15) is 53.0 Å². The molecule has 0 atom stereocenters. The van der Waals surface area contributed by atoms with Gasteiger partial charge in [0.05, 0.1) is 12.7 Å². The Morgan fingerprint density at radius 1 is 1.11 bits per heavy atom. The predicted octanol–water partition coefficient (Wildman–Crippen LogP) is 5.52. The number of hydrogen-bond donors (Lipinski definition) is 1. The number of alkyl halides is 3. The third kappa shape index (κ3) is 6.41. The highest BCUT2D eigenvalue weighted by atomic mass is 19.4. The average Bonchev–Trinajstić information content (AvgIpc) is 2.52. The van der Waals surface area contributed by atoms with Gasteiger partial charge in [-0.1, -0.05) is 27.7 Å². The minimum atomic E-state index is -4.58. The SMILES string of the molecule is CCOC(CC(C)C)(CC(C)C)C(=O)Nc1ccc(OC)c(C(F)(F)F)c1. The zero-order valence-corrected chi connectivity index (χ0v) is 16.9. The highest BCUT2D eigenvalue weighted by molar-refractivity contribution is 5.97. The number of carbonyl (C=O) groups excluding carboxylic acids is 1. The summed E-state index contributed by atoms with van der Waals surface area (Å²) in [6.07, 6.45) is -3.63. The number of methoxy groups -OCH3 is 1. The molecule has 7 heteroatoms. The molecule has 0 aliphatic heterocycles. The highest BCUT2D eigenvalue weighted by Gasteiger charge is 2.41. The van der Waals surface area contributed by atoms with Gasteiger partial charge in [0.25, 0.3) is 5.91 Å². The smallest absolute Gasteiger partial charge is 0.420 e. The van der Waals surface area contributed by atoms with Crippen molar-refractivity contribution in [3.8, 4) is 5.75 Å². The van der Waals surface area contributed by atoms with Crippen LogP contribution in [0.2, 0.25) is 0 Å². The molecule has 1 aromatic rings. The molecule has 0 aliphatic rings. The first-order chi connectivity index (χ1) is 12.4. The van der Waals surface area contributed by atoms with Gasteiger partial charge in [-0.3, -0.25) is 4.79 Å². The summed E-state index contributed by atoms with van der Waals surface area (Å²) in [5.41, 5.74) is -1.96. The Balaban J connectivity index is 3.24. The first-order valence-corrected chi connectivity index (χ1v) is 9.15. The van der Waals surface area contributed by atoms with Crippen LogP contribution in [-0.2, 0) is 15.7 Å². The molecule has 0 saturated heterocycles. The Hall–Kier alpha value is -1.76. The number of nitrogens with one attached hydrogen (secondary N) is 1. The van der Waals surface area contributed by atoms with E-state index >= 15 is 0 Å². The van der Waals surface area contributed by atoms with E-state index < -0.39 is 23.2 Å². The van der Waals surface area contributed by atoms with Crippen LogP contribution in [0.5, 0.6) is 5.75 Å². The standard InChI is InChI=1S/C20H30F3NO3/c1-7-27-19(11-13(2)3,12-14(4)5)18(25)24-15-8-9-17(26-6)16(10-15)20(21,22)23/h8-10,13-14H,7,11-12H2,1-6H3,(H,24,25). The van der Waals surface area contributed by atoms with Crippen LogP contribution in [0.25, 0.3) is 0 Å². The summed E-state index contributed by atoms with van der Waals surface area (Å²) in [4.78, 5) is 13.1. The second kappa shape index (κ2) is 9.44. The average molecular weight is 389 g/mol. The number of amides is 1. The Morgan fingerprint density at radius 2 is 1.67 bits per heavy atom. The van der Waals surface area contributed by atoms with Crippen molar-refractivity contribution in [1.82, 2.24) is 0 Å². The first-order valence-electron chi connectivity index (χ1n) is 9.15. The summed E-state index contributed by atoms with van der Waals surface area (Å²) < 4.78 is 50.4. The molecule has 1 N–H and O–H groups in total. The van der Waals surface area contributed by atoms with Crippen LogP contribution in [0.4, 0.5) is 18.9 Å². The molecule has 4 nitrogen and oxygen atoms in total.